The number of amidine groups is 1. The van der Waals surface area contributed by atoms with Crippen molar-refractivity contribution in [3.05, 3.63) is 28.8 Å². The molecule has 0 bridgehead atoms. The lowest BCUT2D eigenvalue weighted by atomic mass is 10.2. The smallest absolute Gasteiger partial charge is 0.240 e. The van der Waals surface area contributed by atoms with E-state index in [2.05, 4.69) is 15.6 Å². The lowest BCUT2D eigenvalue weighted by molar-refractivity contribution is -0.122. The van der Waals surface area contributed by atoms with Gasteiger partial charge in [0.1, 0.15) is 5.25 Å². The minimum Gasteiger partial charge on any atom is -0.382 e. The summed E-state index contributed by atoms with van der Waals surface area (Å²) in [5.74, 6) is -0.444. The van der Waals surface area contributed by atoms with Crippen LogP contribution in [0.3, 0.4) is 0 Å². The first kappa shape index (κ1) is 18.8. The van der Waals surface area contributed by atoms with Crippen molar-refractivity contribution < 1.29 is 14.3 Å². The lowest BCUT2D eigenvalue weighted by Gasteiger charge is -2.10. The van der Waals surface area contributed by atoms with Crippen LogP contribution in [-0.2, 0) is 14.3 Å². The van der Waals surface area contributed by atoms with Gasteiger partial charge in [0.05, 0.1) is 12.6 Å². The molecule has 2 N–H and O–H groups in total. The number of anilines is 1. The topological polar surface area (TPSA) is 79.8 Å². The van der Waals surface area contributed by atoms with Gasteiger partial charge in [0, 0.05) is 24.2 Å². The van der Waals surface area contributed by atoms with E-state index in [4.69, 9.17) is 16.3 Å². The molecule has 0 aromatic heterocycles. The van der Waals surface area contributed by atoms with Crippen LogP contribution >= 0.6 is 23.4 Å². The maximum Gasteiger partial charge on any atom is 0.240 e. The summed E-state index contributed by atoms with van der Waals surface area (Å²) in [5.41, 5.74) is 1.45. The van der Waals surface area contributed by atoms with Crippen molar-refractivity contribution >= 4 is 46.0 Å². The Kier molecular flexibility index (Phi) is 6.65. The normalized spacial score (nSPS) is 20.1. The SMILES string of the molecule is COCC(C)N=C1NC(=O)C(CC(=O)Nc2cccc(Cl)c2C)S1. The van der Waals surface area contributed by atoms with Gasteiger partial charge in [-0.3, -0.25) is 14.6 Å². The van der Waals surface area contributed by atoms with Crippen molar-refractivity contribution in [1.82, 2.24) is 5.32 Å². The van der Waals surface area contributed by atoms with Gasteiger partial charge in [0.15, 0.2) is 5.17 Å². The number of carbonyl (C=O) groups is 2. The van der Waals surface area contributed by atoms with Gasteiger partial charge in [-0.15, -0.1) is 0 Å². The molecule has 1 aromatic carbocycles. The third kappa shape index (κ3) is 4.96. The minimum atomic E-state index is -0.488. The fourth-order valence-electron chi connectivity index (χ4n) is 2.19. The van der Waals surface area contributed by atoms with Crippen LogP contribution in [0.1, 0.15) is 18.9 Å². The molecule has 0 saturated carbocycles. The van der Waals surface area contributed by atoms with Crippen molar-refractivity contribution in [3.63, 3.8) is 0 Å². The molecule has 1 aromatic rings. The van der Waals surface area contributed by atoms with E-state index < -0.39 is 5.25 Å². The highest BCUT2D eigenvalue weighted by atomic mass is 35.5. The lowest BCUT2D eigenvalue weighted by Crippen LogP contribution is -2.28. The highest BCUT2D eigenvalue weighted by Gasteiger charge is 2.32. The van der Waals surface area contributed by atoms with Crippen molar-refractivity contribution in [2.45, 2.75) is 31.6 Å². The van der Waals surface area contributed by atoms with Gasteiger partial charge in [-0.2, -0.15) is 0 Å². The molecule has 1 saturated heterocycles. The second-order valence-electron chi connectivity index (χ2n) is 5.50. The fraction of sp³-hybridized carbons (Fsp3) is 0.438. The zero-order valence-corrected chi connectivity index (χ0v) is 15.3. The van der Waals surface area contributed by atoms with E-state index in [1.165, 1.54) is 11.8 Å². The first-order chi connectivity index (χ1) is 11.4. The summed E-state index contributed by atoms with van der Waals surface area (Å²) in [6, 6.07) is 5.25. The number of hydrogen-bond donors (Lipinski definition) is 2. The molecule has 0 aliphatic carbocycles. The van der Waals surface area contributed by atoms with Crippen molar-refractivity contribution in [1.29, 1.82) is 0 Å². The van der Waals surface area contributed by atoms with E-state index in [9.17, 15) is 9.59 Å². The van der Waals surface area contributed by atoms with Gasteiger partial charge in [-0.1, -0.05) is 29.4 Å². The first-order valence-corrected chi connectivity index (χ1v) is 8.75. The number of rotatable bonds is 6. The van der Waals surface area contributed by atoms with Crippen LogP contribution in [-0.4, -0.2) is 42.0 Å². The molecule has 2 amide bonds. The Bertz CT molecular complexity index is 666. The van der Waals surface area contributed by atoms with Crippen LogP contribution in [0.2, 0.25) is 5.02 Å². The average molecular weight is 370 g/mol. The number of methoxy groups -OCH3 is 1. The van der Waals surface area contributed by atoms with Gasteiger partial charge in [0.25, 0.3) is 0 Å². The predicted octanol–water partition coefficient (Wildman–Crippen LogP) is 2.60. The van der Waals surface area contributed by atoms with Crippen LogP contribution in [0.5, 0.6) is 0 Å². The van der Waals surface area contributed by atoms with Gasteiger partial charge >= 0.3 is 0 Å². The summed E-state index contributed by atoms with van der Waals surface area (Å²) in [7, 11) is 1.60. The number of ether oxygens (including phenoxy) is 1. The molecule has 24 heavy (non-hydrogen) atoms. The summed E-state index contributed by atoms with van der Waals surface area (Å²) in [4.78, 5) is 28.5. The van der Waals surface area contributed by atoms with Gasteiger partial charge in [-0.25, -0.2) is 0 Å². The summed E-state index contributed by atoms with van der Waals surface area (Å²) in [6.45, 7) is 4.20. The largest absolute Gasteiger partial charge is 0.382 e. The zero-order valence-electron chi connectivity index (χ0n) is 13.8. The molecule has 2 atom stereocenters. The third-order valence-corrected chi connectivity index (χ3v) is 4.94. The Morgan fingerprint density at radius 2 is 2.29 bits per heavy atom. The van der Waals surface area contributed by atoms with Gasteiger partial charge in [-0.05, 0) is 31.5 Å². The number of nitrogens with zero attached hydrogens (tertiary/aromatic N) is 1. The molecule has 2 unspecified atom stereocenters. The molecule has 1 aliphatic rings. The molecule has 0 spiro atoms. The van der Waals surface area contributed by atoms with E-state index in [1.807, 2.05) is 13.8 Å². The van der Waals surface area contributed by atoms with Crippen LogP contribution in [0.4, 0.5) is 5.69 Å². The fourth-order valence-corrected chi connectivity index (χ4v) is 3.44. The van der Waals surface area contributed by atoms with E-state index >= 15 is 0 Å². The molecule has 1 aliphatic heterocycles. The number of benzene rings is 1. The van der Waals surface area contributed by atoms with Gasteiger partial charge in [0.2, 0.25) is 11.8 Å². The molecule has 1 heterocycles. The quantitative estimate of drug-likeness (QED) is 0.807. The van der Waals surface area contributed by atoms with Crippen molar-refractivity contribution in [3.8, 4) is 0 Å². The van der Waals surface area contributed by atoms with E-state index in [1.54, 1.807) is 25.3 Å². The highest BCUT2D eigenvalue weighted by Crippen LogP contribution is 2.26. The summed E-state index contributed by atoms with van der Waals surface area (Å²) in [5, 5.41) is 6.12. The number of hydrogen-bond acceptors (Lipinski definition) is 5. The number of amides is 2. The monoisotopic (exact) mass is 369 g/mol. The summed E-state index contributed by atoms with van der Waals surface area (Å²) < 4.78 is 5.02. The molecular formula is C16H20ClN3O3S. The minimum absolute atomic E-state index is 0.0560. The number of thioether (sulfide) groups is 1. The van der Waals surface area contributed by atoms with E-state index in [0.29, 0.717) is 22.5 Å². The maximum absolute atomic E-state index is 12.2. The zero-order chi connectivity index (χ0) is 17.7. The van der Waals surface area contributed by atoms with Crippen molar-refractivity contribution in [2.75, 3.05) is 19.0 Å². The average Bonchev–Trinajstić information content (AvgIpc) is 2.83. The number of carbonyl (C=O) groups excluding carboxylic acids is 2. The van der Waals surface area contributed by atoms with Crippen LogP contribution < -0.4 is 10.6 Å². The predicted molar refractivity (Wildman–Crippen MR) is 97.7 cm³/mol. The second-order valence-corrected chi connectivity index (χ2v) is 7.10. The molecule has 130 valence electrons. The molecule has 2 rings (SSSR count). The maximum atomic E-state index is 12.2. The Balaban J connectivity index is 1.95. The Morgan fingerprint density at radius 1 is 1.54 bits per heavy atom. The summed E-state index contributed by atoms with van der Waals surface area (Å²) >= 11 is 7.30. The van der Waals surface area contributed by atoms with E-state index in [-0.39, 0.29) is 24.3 Å². The Hall–Kier alpha value is -1.57. The van der Waals surface area contributed by atoms with Gasteiger partial charge < -0.3 is 15.4 Å². The van der Waals surface area contributed by atoms with Crippen LogP contribution in [0.15, 0.2) is 23.2 Å². The molecular weight excluding hydrogens is 350 g/mol. The Morgan fingerprint density at radius 3 is 3.00 bits per heavy atom. The number of halogens is 1. The standard InChI is InChI=1S/C16H20ClN3O3S/c1-9(8-23-3)18-16-20-15(22)13(24-16)7-14(21)19-12-6-4-5-11(17)10(12)2/h4-6,9,13H,7-8H2,1-3H3,(H,19,21)(H,18,20,22). The third-order valence-electron chi connectivity index (χ3n) is 3.43. The molecule has 1 fully saturated rings. The van der Waals surface area contributed by atoms with E-state index in [0.717, 1.165) is 5.56 Å². The summed E-state index contributed by atoms with van der Waals surface area (Å²) in [6.07, 6.45) is 0.0696. The first-order valence-electron chi connectivity index (χ1n) is 7.50. The Labute approximate surface area is 150 Å². The molecule has 0 radical (unpaired) electrons. The van der Waals surface area contributed by atoms with Crippen molar-refractivity contribution in [2.24, 2.45) is 4.99 Å². The number of aliphatic imine (C=N–C) groups is 1. The second kappa shape index (κ2) is 8.50. The number of nitrogens with one attached hydrogen (secondary N) is 2. The van der Waals surface area contributed by atoms with Crippen LogP contribution in [0.25, 0.3) is 0 Å². The highest BCUT2D eigenvalue weighted by molar-refractivity contribution is 8.15. The molecule has 8 heteroatoms. The van der Waals surface area contributed by atoms with Crippen LogP contribution in [0, 0.1) is 6.92 Å². The molecule has 6 nitrogen and oxygen atoms in total.